The summed E-state index contributed by atoms with van der Waals surface area (Å²) in [5.74, 6) is -0.0434. The summed E-state index contributed by atoms with van der Waals surface area (Å²) in [5.41, 5.74) is 6.02. The van der Waals surface area contributed by atoms with Crippen LogP contribution in [0.4, 0.5) is 0 Å². The molecule has 104 valence electrons. The molecule has 1 aliphatic rings. The Hall–Kier alpha value is -1.51. The lowest BCUT2D eigenvalue weighted by Gasteiger charge is -2.11. The maximum atomic E-state index is 12.0. The monoisotopic (exact) mass is 284 g/mol. The van der Waals surface area contributed by atoms with Crippen LogP contribution in [0.1, 0.15) is 18.5 Å². The van der Waals surface area contributed by atoms with Gasteiger partial charge in [0, 0.05) is 31.7 Å². The highest BCUT2D eigenvalue weighted by molar-refractivity contribution is 7.89. The van der Waals surface area contributed by atoms with Gasteiger partial charge in [-0.1, -0.05) is 0 Å². The zero-order valence-corrected chi connectivity index (χ0v) is 11.1. The van der Waals surface area contributed by atoms with Crippen molar-refractivity contribution in [2.24, 2.45) is 5.73 Å². The Morgan fingerprint density at radius 2 is 2.26 bits per heavy atom. The predicted octanol–water partition coefficient (Wildman–Crippen LogP) is -0.903. The molecule has 19 heavy (non-hydrogen) atoms. The number of carbonyl (C=O) groups excluding carboxylic acids is 1. The van der Waals surface area contributed by atoms with Crippen LogP contribution in [0.3, 0.4) is 0 Å². The molecular formula is C11H16N4O3S. The molecule has 0 radical (unpaired) electrons. The molecule has 1 aromatic heterocycles. The van der Waals surface area contributed by atoms with Crippen molar-refractivity contribution in [2.45, 2.75) is 30.3 Å². The summed E-state index contributed by atoms with van der Waals surface area (Å²) < 4.78 is 26.4. The van der Waals surface area contributed by atoms with E-state index in [2.05, 4.69) is 15.0 Å². The van der Waals surface area contributed by atoms with Gasteiger partial charge in [0.1, 0.15) is 4.90 Å². The average molecular weight is 284 g/mol. The van der Waals surface area contributed by atoms with Crippen LogP contribution in [-0.2, 0) is 21.4 Å². The van der Waals surface area contributed by atoms with E-state index in [4.69, 9.17) is 5.73 Å². The fraction of sp³-hybridized carbons (Fsp3) is 0.455. The van der Waals surface area contributed by atoms with Gasteiger partial charge in [0.2, 0.25) is 15.9 Å². The smallest absolute Gasteiger partial charge is 0.242 e. The number of hydrogen-bond donors (Lipinski definition) is 3. The Labute approximate surface area is 111 Å². The Morgan fingerprint density at radius 1 is 1.47 bits per heavy atom. The van der Waals surface area contributed by atoms with E-state index in [9.17, 15) is 13.2 Å². The molecule has 1 amide bonds. The molecule has 1 fully saturated rings. The maximum Gasteiger partial charge on any atom is 0.242 e. The van der Waals surface area contributed by atoms with Crippen molar-refractivity contribution in [3.05, 3.63) is 24.0 Å². The summed E-state index contributed by atoms with van der Waals surface area (Å²) in [5, 5.41) is 2.70. The van der Waals surface area contributed by atoms with Gasteiger partial charge >= 0.3 is 0 Å². The molecule has 1 unspecified atom stereocenters. The van der Waals surface area contributed by atoms with Gasteiger partial charge in [-0.05, 0) is 18.6 Å². The number of aromatic nitrogens is 1. The highest BCUT2D eigenvalue weighted by Gasteiger charge is 2.23. The van der Waals surface area contributed by atoms with Crippen LogP contribution in [0.5, 0.6) is 0 Å². The number of nitrogens with two attached hydrogens (primary N) is 1. The lowest BCUT2D eigenvalue weighted by Crippen LogP contribution is -2.38. The molecule has 1 saturated heterocycles. The minimum atomic E-state index is -3.59. The molecule has 1 aromatic rings. The van der Waals surface area contributed by atoms with Gasteiger partial charge < -0.3 is 11.1 Å². The second-order valence-electron chi connectivity index (χ2n) is 4.34. The quantitative estimate of drug-likeness (QED) is 0.648. The van der Waals surface area contributed by atoms with Crippen LogP contribution in [0.2, 0.25) is 0 Å². The van der Waals surface area contributed by atoms with Gasteiger partial charge in [-0.15, -0.1) is 0 Å². The van der Waals surface area contributed by atoms with Crippen molar-refractivity contribution in [1.29, 1.82) is 0 Å². The summed E-state index contributed by atoms with van der Waals surface area (Å²) in [7, 11) is -3.59. The van der Waals surface area contributed by atoms with Crippen molar-refractivity contribution >= 4 is 15.9 Å². The number of rotatable bonds is 5. The van der Waals surface area contributed by atoms with E-state index in [0.717, 1.165) is 0 Å². The van der Waals surface area contributed by atoms with E-state index in [-0.39, 0.29) is 29.9 Å². The van der Waals surface area contributed by atoms with Crippen molar-refractivity contribution < 1.29 is 13.2 Å². The Morgan fingerprint density at radius 3 is 2.79 bits per heavy atom. The van der Waals surface area contributed by atoms with E-state index in [1.54, 1.807) is 6.07 Å². The molecule has 0 saturated carbocycles. The van der Waals surface area contributed by atoms with Crippen molar-refractivity contribution in [3.8, 4) is 0 Å². The third kappa shape index (κ3) is 3.49. The zero-order valence-electron chi connectivity index (χ0n) is 10.3. The molecule has 8 heteroatoms. The number of hydrogen-bond acceptors (Lipinski definition) is 5. The summed E-state index contributed by atoms with van der Waals surface area (Å²) >= 11 is 0. The Kier molecular flexibility index (Phi) is 4.13. The van der Waals surface area contributed by atoms with E-state index in [0.29, 0.717) is 18.5 Å². The van der Waals surface area contributed by atoms with Crippen LogP contribution in [-0.4, -0.2) is 31.9 Å². The number of carbonyl (C=O) groups is 1. The number of nitrogens with zero attached hydrogens (tertiary/aromatic N) is 1. The van der Waals surface area contributed by atoms with Crippen molar-refractivity contribution in [1.82, 2.24) is 15.0 Å². The molecule has 7 nitrogen and oxygen atoms in total. The van der Waals surface area contributed by atoms with Gasteiger partial charge in [-0.2, -0.15) is 0 Å². The van der Waals surface area contributed by atoms with E-state index >= 15 is 0 Å². The van der Waals surface area contributed by atoms with Crippen LogP contribution in [0.25, 0.3) is 0 Å². The summed E-state index contributed by atoms with van der Waals surface area (Å²) in [6.45, 7) is 0.453. The largest absolute Gasteiger partial charge is 0.352 e. The van der Waals surface area contributed by atoms with Crippen LogP contribution in [0, 0.1) is 0 Å². The van der Waals surface area contributed by atoms with Crippen LogP contribution >= 0.6 is 0 Å². The molecule has 0 aromatic carbocycles. The third-order valence-corrected chi connectivity index (χ3v) is 4.33. The normalized spacial score (nSPS) is 19.4. The number of pyridine rings is 1. The van der Waals surface area contributed by atoms with Crippen molar-refractivity contribution in [3.63, 3.8) is 0 Å². The Balaban J connectivity index is 1.99. The van der Waals surface area contributed by atoms with Gasteiger partial charge in [-0.3, -0.25) is 9.78 Å². The second kappa shape index (κ2) is 5.64. The van der Waals surface area contributed by atoms with E-state index in [1.807, 2.05) is 0 Å². The minimum absolute atomic E-state index is 0.0434. The predicted molar refractivity (Wildman–Crippen MR) is 68.5 cm³/mol. The molecule has 0 spiro atoms. The number of amides is 1. The van der Waals surface area contributed by atoms with E-state index < -0.39 is 10.0 Å². The first-order chi connectivity index (χ1) is 9.01. The fourth-order valence-electron chi connectivity index (χ4n) is 1.81. The molecular weight excluding hydrogens is 268 g/mol. The highest BCUT2D eigenvalue weighted by Crippen LogP contribution is 2.10. The summed E-state index contributed by atoms with van der Waals surface area (Å²) in [6.07, 6.45) is 2.36. The lowest BCUT2D eigenvalue weighted by molar-refractivity contribution is -0.119. The molecule has 2 rings (SSSR count). The Bertz CT molecular complexity index is 556. The second-order valence-corrected chi connectivity index (χ2v) is 6.11. The molecule has 4 N–H and O–H groups in total. The fourth-order valence-corrected chi connectivity index (χ4v) is 2.84. The third-order valence-electron chi connectivity index (χ3n) is 2.92. The number of nitrogens with one attached hydrogen (secondary N) is 2. The first kappa shape index (κ1) is 13.9. The molecule has 2 heterocycles. The maximum absolute atomic E-state index is 12.0. The summed E-state index contributed by atoms with van der Waals surface area (Å²) in [4.78, 5) is 15.0. The van der Waals surface area contributed by atoms with Gasteiger partial charge in [-0.25, -0.2) is 13.1 Å². The van der Waals surface area contributed by atoms with Gasteiger partial charge in [0.25, 0.3) is 0 Å². The summed E-state index contributed by atoms with van der Waals surface area (Å²) in [6, 6.07) is 2.90. The van der Waals surface area contributed by atoms with Crippen LogP contribution < -0.4 is 15.8 Å². The number of sulfonamides is 1. The topological polar surface area (TPSA) is 114 Å². The van der Waals surface area contributed by atoms with Gasteiger partial charge in [0.05, 0.1) is 5.69 Å². The minimum Gasteiger partial charge on any atom is -0.352 e. The van der Waals surface area contributed by atoms with Crippen molar-refractivity contribution in [2.75, 3.05) is 6.54 Å². The average Bonchev–Trinajstić information content (AvgIpc) is 2.82. The first-order valence-electron chi connectivity index (χ1n) is 5.95. The van der Waals surface area contributed by atoms with E-state index in [1.165, 1.54) is 12.3 Å². The SMILES string of the molecule is NCc1ccc(S(=O)(=O)NCC2CCC(=O)N2)cn1. The van der Waals surface area contributed by atoms with Gasteiger partial charge in [0.15, 0.2) is 0 Å². The first-order valence-corrected chi connectivity index (χ1v) is 7.43. The molecule has 1 aliphatic heterocycles. The zero-order chi connectivity index (χ0) is 13.9. The molecule has 0 bridgehead atoms. The standard InChI is InChI=1S/C11H16N4O3S/c12-5-8-1-3-10(7-13-8)19(17,18)14-6-9-2-4-11(16)15-9/h1,3,7,9,14H,2,4-6,12H2,(H,15,16). The molecule has 0 aliphatic carbocycles. The van der Waals surface area contributed by atoms with Crippen LogP contribution in [0.15, 0.2) is 23.2 Å². The lowest BCUT2D eigenvalue weighted by atomic mass is 10.2. The highest BCUT2D eigenvalue weighted by atomic mass is 32.2. The molecule has 1 atom stereocenters.